The van der Waals surface area contributed by atoms with E-state index in [-0.39, 0.29) is 66.3 Å². The SMILES string of the molecule is [2H]c1c([2H])c([2H])c2c(c1[2H])c([2H])c(-c1ccc(Nc3ccc(-c4c([2H])c5c([2H])c([2H])c([2H])c([2H])c5c5c([2H])c([2H])c([2H])c([2H])c45)cc3)cc1)c1c([2H])c([2H])c([2H])c([2H])c12. The summed E-state index contributed by atoms with van der Waals surface area (Å²) in [5, 5.41) is 2.12. The summed E-state index contributed by atoms with van der Waals surface area (Å²) in [6, 6.07) is 3.65. The molecule has 0 radical (unpaired) electrons. The Bertz CT molecular complexity index is 2980. The van der Waals surface area contributed by atoms with Gasteiger partial charge in [-0.15, -0.1) is 0 Å². The summed E-state index contributed by atoms with van der Waals surface area (Å²) in [4.78, 5) is 0. The molecule has 0 atom stereocenters. The van der Waals surface area contributed by atoms with Gasteiger partial charge in [0, 0.05) is 11.4 Å². The summed E-state index contributed by atoms with van der Waals surface area (Å²) in [5.74, 6) is 0. The lowest BCUT2D eigenvalue weighted by Crippen LogP contribution is -1.91. The molecule has 0 bridgehead atoms. The van der Waals surface area contributed by atoms with Crippen LogP contribution in [0, 0.1) is 0 Å². The molecule has 0 unspecified atom stereocenters. The molecule has 1 N–H and O–H groups in total. The Morgan fingerprint density at radius 2 is 0.707 bits per heavy atom. The highest BCUT2D eigenvalue weighted by molar-refractivity contribution is 6.14. The lowest BCUT2D eigenvalue weighted by molar-refractivity contribution is 1.54. The van der Waals surface area contributed by atoms with Crippen molar-refractivity contribution in [3.8, 4) is 22.3 Å². The van der Waals surface area contributed by atoms with Crippen LogP contribution in [0.2, 0.25) is 0 Å². The molecule has 8 rings (SSSR count). The molecule has 1 nitrogen and oxygen atoms in total. The van der Waals surface area contributed by atoms with Crippen LogP contribution in [0.3, 0.4) is 0 Å². The minimum absolute atomic E-state index is 0.0529. The van der Waals surface area contributed by atoms with E-state index in [0.29, 0.717) is 22.5 Å². The zero-order valence-electron chi connectivity index (χ0n) is 39.1. The minimum atomic E-state index is -0.596. The number of rotatable bonds is 4. The van der Waals surface area contributed by atoms with Gasteiger partial charge in [-0.25, -0.2) is 0 Å². The van der Waals surface area contributed by atoms with E-state index >= 15 is 0 Å². The van der Waals surface area contributed by atoms with Crippen molar-refractivity contribution in [2.24, 2.45) is 0 Å². The maximum absolute atomic E-state index is 9.17. The zero-order chi connectivity index (χ0) is 42.8. The Hall–Kier alpha value is -5.40. The smallest absolute Gasteiger partial charge is 0.0636 e. The first-order chi connectivity index (χ1) is 27.8. The van der Waals surface area contributed by atoms with Crippen molar-refractivity contribution in [1.82, 2.24) is 0 Å². The van der Waals surface area contributed by atoms with Gasteiger partial charge in [-0.05, 0) is 102 Å². The van der Waals surface area contributed by atoms with Gasteiger partial charge in [-0.2, -0.15) is 0 Å². The molecule has 0 spiro atoms. The molecule has 8 aromatic carbocycles. The zero-order valence-corrected chi connectivity index (χ0v) is 21.1. The molecule has 0 heterocycles. The van der Waals surface area contributed by atoms with E-state index in [1.54, 1.807) is 48.5 Å². The van der Waals surface area contributed by atoms with Crippen molar-refractivity contribution >= 4 is 54.5 Å². The fourth-order valence-electron chi connectivity index (χ4n) is 4.98. The lowest BCUT2D eigenvalue weighted by Gasteiger charge is -2.13. The highest BCUT2D eigenvalue weighted by Crippen LogP contribution is 2.37. The van der Waals surface area contributed by atoms with E-state index in [9.17, 15) is 0 Å². The number of fused-ring (bicyclic) bond motifs is 6. The average molecular weight is 540 g/mol. The normalized spacial score (nSPS) is 17.6. The van der Waals surface area contributed by atoms with Crippen LogP contribution in [-0.2, 0) is 0 Å². The van der Waals surface area contributed by atoms with Crippen LogP contribution in [0.15, 0.2) is 157 Å². The predicted octanol–water partition coefficient (Wildman–Crippen LogP) is 11.4. The first-order valence-corrected chi connectivity index (χ1v) is 12.6. The van der Waals surface area contributed by atoms with Crippen LogP contribution in [0.4, 0.5) is 11.4 Å². The van der Waals surface area contributed by atoms with Gasteiger partial charge in [0.25, 0.3) is 0 Å². The molecule has 0 fully saturated rings. The number of benzene rings is 8. The summed E-state index contributed by atoms with van der Waals surface area (Å²) >= 11 is 0. The molecule has 41 heavy (non-hydrogen) atoms. The largest absolute Gasteiger partial charge is 0.356 e. The molecule has 8 aromatic rings. The lowest BCUT2D eigenvalue weighted by atomic mass is 9.93. The van der Waals surface area contributed by atoms with Gasteiger partial charge in [0.15, 0.2) is 0 Å². The summed E-state index contributed by atoms with van der Waals surface area (Å²) < 4.78 is 154. The van der Waals surface area contributed by atoms with E-state index in [4.69, 9.17) is 24.7 Å². The van der Waals surface area contributed by atoms with E-state index in [1.165, 1.54) is 0 Å². The fourth-order valence-corrected chi connectivity index (χ4v) is 4.98. The van der Waals surface area contributed by atoms with E-state index in [2.05, 4.69) is 5.32 Å². The van der Waals surface area contributed by atoms with Crippen LogP contribution < -0.4 is 5.32 Å². The summed E-state index contributed by atoms with van der Waals surface area (Å²) in [6.07, 6.45) is 0. The summed E-state index contributed by atoms with van der Waals surface area (Å²) in [7, 11) is 0. The van der Waals surface area contributed by atoms with Crippen molar-refractivity contribution < 1.29 is 24.7 Å². The fraction of sp³-hybridized carbons (Fsp3) is 0. The molecule has 0 aromatic heterocycles. The van der Waals surface area contributed by atoms with Crippen molar-refractivity contribution in [3.63, 3.8) is 0 Å². The van der Waals surface area contributed by atoms with Crippen molar-refractivity contribution in [2.75, 3.05) is 5.32 Å². The standard InChI is InChI=1S/C40H27N/c1-3-11-33-29(9-1)25-39(37-15-7-5-13-35(33)37)27-17-21-31(22-18-27)41-32-23-19-28(20-24-32)40-26-30-10-2-4-12-34(30)36-14-6-8-16-38(36)40/h1-26,41H/i1D,2D,3D,4D,5D,6D,7D,8D,9D,10D,11D,12D,13D,14D,15D,16D,25D,26D. The van der Waals surface area contributed by atoms with Crippen molar-refractivity contribution in [3.05, 3.63) is 157 Å². The van der Waals surface area contributed by atoms with Gasteiger partial charge in [0.05, 0.1) is 24.7 Å². The highest BCUT2D eigenvalue weighted by atomic mass is 14.9. The maximum Gasteiger partial charge on any atom is 0.0636 e. The van der Waals surface area contributed by atoms with Crippen molar-refractivity contribution in [1.29, 1.82) is 0 Å². The Morgan fingerprint density at radius 1 is 0.366 bits per heavy atom. The van der Waals surface area contributed by atoms with Crippen LogP contribution in [0.1, 0.15) is 24.7 Å². The Labute approximate surface area is 264 Å². The van der Waals surface area contributed by atoms with Gasteiger partial charge in [-0.1, -0.05) is 121 Å². The third-order valence-electron chi connectivity index (χ3n) is 6.89. The average Bonchev–Trinajstić information content (AvgIpc) is 3.22. The van der Waals surface area contributed by atoms with Crippen LogP contribution in [0.5, 0.6) is 0 Å². The third kappa shape index (κ3) is 4.11. The van der Waals surface area contributed by atoms with E-state index < -0.39 is 96.7 Å². The topological polar surface area (TPSA) is 12.0 Å². The van der Waals surface area contributed by atoms with Gasteiger partial charge in [0.1, 0.15) is 0 Å². The second kappa shape index (κ2) is 9.66. The maximum atomic E-state index is 9.17. The molecule has 0 aliphatic carbocycles. The minimum Gasteiger partial charge on any atom is -0.356 e. The number of nitrogens with one attached hydrogen (secondary N) is 1. The highest BCUT2D eigenvalue weighted by Gasteiger charge is 2.10. The van der Waals surface area contributed by atoms with E-state index in [1.807, 2.05) is 0 Å². The first-order valence-electron chi connectivity index (χ1n) is 21.6. The Kier molecular flexibility index (Phi) is 2.73. The molecule has 0 saturated carbocycles. The molecular formula is C40H27N. The first kappa shape index (κ1) is 11.6. The molecule has 1 heteroatoms. The molecule has 192 valence electrons. The van der Waals surface area contributed by atoms with Gasteiger partial charge in [0.2, 0.25) is 0 Å². The Balaban J connectivity index is 1.25. The van der Waals surface area contributed by atoms with Gasteiger partial charge >= 0.3 is 0 Å². The molecule has 0 aliphatic heterocycles. The van der Waals surface area contributed by atoms with Crippen molar-refractivity contribution in [2.45, 2.75) is 0 Å². The van der Waals surface area contributed by atoms with Gasteiger partial charge < -0.3 is 5.32 Å². The Morgan fingerprint density at radius 3 is 1.12 bits per heavy atom. The molecule has 0 amide bonds. The van der Waals surface area contributed by atoms with E-state index in [0.717, 1.165) is 0 Å². The molecule has 0 saturated heterocycles. The summed E-state index contributed by atoms with van der Waals surface area (Å²) in [6.45, 7) is 0. The predicted molar refractivity (Wildman–Crippen MR) is 177 cm³/mol. The van der Waals surface area contributed by atoms with Gasteiger partial charge in [-0.3, -0.25) is 0 Å². The number of hydrogen-bond donors (Lipinski definition) is 1. The van der Waals surface area contributed by atoms with Crippen LogP contribution in [0.25, 0.3) is 65.3 Å². The van der Waals surface area contributed by atoms with Crippen LogP contribution in [-0.4, -0.2) is 0 Å². The second-order valence-corrected chi connectivity index (χ2v) is 9.28. The molecule has 0 aliphatic rings. The second-order valence-electron chi connectivity index (χ2n) is 9.28. The number of hydrogen-bond acceptors (Lipinski definition) is 1. The monoisotopic (exact) mass is 539 g/mol. The molecular weight excluding hydrogens is 494 g/mol. The summed E-state index contributed by atoms with van der Waals surface area (Å²) in [5.41, 5.74) is 1.85. The number of anilines is 2. The third-order valence-corrected chi connectivity index (χ3v) is 6.89. The quantitative estimate of drug-likeness (QED) is 0.219. The van der Waals surface area contributed by atoms with Crippen LogP contribution >= 0.6 is 0 Å².